The monoisotopic (exact) mass is 506 g/mol. The Morgan fingerprint density at radius 3 is 2.65 bits per heavy atom. The molecule has 37 heavy (non-hydrogen) atoms. The number of fused-ring (bicyclic) bond motifs is 2. The first-order valence-electron chi connectivity index (χ1n) is 11.9. The summed E-state index contributed by atoms with van der Waals surface area (Å²) in [4.78, 5) is 21.6. The van der Waals surface area contributed by atoms with Gasteiger partial charge in [0.1, 0.15) is 0 Å². The van der Waals surface area contributed by atoms with E-state index >= 15 is 0 Å². The maximum absolute atomic E-state index is 4.62. The van der Waals surface area contributed by atoms with Gasteiger partial charge in [0.25, 0.3) is 0 Å². The number of pyridine rings is 3. The summed E-state index contributed by atoms with van der Waals surface area (Å²) in [6.45, 7) is 6.96. The minimum Gasteiger partial charge on any atom is -0.357 e. The minimum absolute atomic E-state index is 0.659. The van der Waals surface area contributed by atoms with Gasteiger partial charge in [-0.15, -0.1) is 11.3 Å². The number of likely N-dealkylation sites (N-methyl/N-ethyl adjacent to an activating group) is 1. The number of nitrogens with one attached hydrogen (secondary N) is 3. The van der Waals surface area contributed by atoms with E-state index in [1.165, 1.54) is 9.75 Å². The highest BCUT2D eigenvalue weighted by Crippen LogP contribution is 2.36. The number of aromatic amines is 2. The SMILES string of the molecule is C=C(CN(C)C)Nc1cncc(-c2cnc3n[nH]c(-c4cc5c(-c6ccc(C)s6)cncc5[nH]4)c3c2)c1. The Labute approximate surface area is 218 Å². The van der Waals surface area contributed by atoms with E-state index in [4.69, 9.17) is 0 Å². The molecule has 184 valence electrons. The molecule has 0 saturated heterocycles. The molecule has 8 nitrogen and oxygen atoms in total. The smallest absolute Gasteiger partial charge is 0.181 e. The van der Waals surface area contributed by atoms with E-state index in [0.717, 1.165) is 62.3 Å². The van der Waals surface area contributed by atoms with Gasteiger partial charge in [-0.25, -0.2) is 4.98 Å². The van der Waals surface area contributed by atoms with Crippen LogP contribution in [0.25, 0.3) is 54.9 Å². The standard InChI is InChI=1S/C28H26N8S/c1-16(15-36(3)4)32-20-7-18(10-29-12-20)19-8-22-27(34-35-28(22)31-11-19)24-9-21-23(13-30-14-25(21)33-24)26-6-5-17(2)37-26/h5-14,32-33H,1,15H2,2-4H3,(H,31,34,35). The lowest BCUT2D eigenvalue weighted by molar-refractivity contribution is 0.447. The molecule has 0 spiro atoms. The van der Waals surface area contributed by atoms with Crippen LogP contribution in [-0.4, -0.2) is 55.7 Å². The molecule has 0 aliphatic carbocycles. The van der Waals surface area contributed by atoms with E-state index in [9.17, 15) is 0 Å². The average molecular weight is 507 g/mol. The summed E-state index contributed by atoms with van der Waals surface area (Å²) in [5.41, 5.74) is 8.28. The highest BCUT2D eigenvalue weighted by atomic mass is 32.1. The average Bonchev–Trinajstić information content (AvgIpc) is 3.60. The molecule has 9 heteroatoms. The fourth-order valence-corrected chi connectivity index (χ4v) is 5.41. The van der Waals surface area contributed by atoms with E-state index in [1.54, 1.807) is 17.5 Å². The first-order chi connectivity index (χ1) is 17.9. The van der Waals surface area contributed by atoms with Crippen molar-refractivity contribution < 1.29 is 0 Å². The molecule has 6 rings (SSSR count). The fourth-order valence-electron chi connectivity index (χ4n) is 4.52. The quantitative estimate of drug-likeness (QED) is 0.242. The molecule has 0 aliphatic rings. The summed E-state index contributed by atoms with van der Waals surface area (Å²) in [6.07, 6.45) is 9.25. The van der Waals surface area contributed by atoms with Gasteiger partial charge in [-0.05, 0) is 51.4 Å². The molecular weight excluding hydrogens is 480 g/mol. The molecular formula is C28H26N8S. The number of H-pyrrole nitrogens is 2. The van der Waals surface area contributed by atoms with Gasteiger partial charge in [-0.2, -0.15) is 5.10 Å². The van der Waals surface area contributed by atoms with E-state index in [1.807, 2.05) is 38.9 Å². The van der Waals surface area contributed by atoms with Crippen LogP contribution in [-0.2, 0) is 0 Å². The van der Waals surface area contributed by atoms with Crippen molar-refractivity contribution in [3.05, 3.63) is 78.5 Å². The van der Waals surface area contributed by atoms with E-state index in [2.05, 4.69) is 84.2 Å². The summed E-state index contributed by atoms with van der Waals surface area (Å²) in [6, 6.07) is 10.6. The zero-order chi connectivity index (χ0) is 25.5. The Bertz CT molecular complexity index is 1760. The predicted octanol–water partition coefficient (Wildman–Crippen LogP) is 6.09. The molecule has 0 bridgehead atoms. The highest BCUT2D eigenvalue weighted by molar-refractivity contribution is 7.15. The molecule has 6 aromatic rings. The molecule has 0 radical (unpaired) electrons. The van der Waals surface area contributed by atoms with Crippen LogP contribution in [0.2, 0.25) is 0 Å². The fraction of sp³-hybridized carbons (Fsp3) is 0.143. The van der Waals surface area contributed by atoms with Crippen LogP contribution < -0.4 is 5.32 Å². The molecule has 0 amide bonds. The second-order valence-electron chi connectivity index (χ2n) is 9.36. The first-order valence-corrected chi connectivity index (χ1v) is 12.7. The number of nitrogens with zero attached hydrogens (tertiary/aromatic N) is 5. The molecule has 0 fully saturated rings. The van der Waals surface area contributed by atoms with Crippen molar-refractivity contribution in [1.29, 1.82) is 0 Å². The molecule has 3 N–H and O–H groups in total. The number of anilines is 1. The van der Waals surface area contributed by atoms with E-state index in [0.29, 0.717) is 5.65 Å². The van der Waals surface area contributed by atoms with Crippen molar-refractivity contribution in [1.82, 2.24) is 35.0 Å². The van der Waals surface area contributed by atoms with Crippen LogP contribution in [0, 0.1) is 6.92 Å². The van der Waals surface area contributed by atoms with Gasteiger partial charge in [0.2, 0.25) is 0 Å². The Morgan fingerprint density at radius 2 is 1.84 bits per heavy atom. The lowest BCUT2D eigenvalue weighted by atomic mass is 10.1. The Morgan fingerprint density at radius 1 is 1.00 bits per heavy atom. The molecule has 6 heterocycles. The van der Waals surface area contributed by atoms with E-state index < -0.39 is 0 Å². The van der Waals surface area contributed by atoms with Gasteiger partial charge in [-0.1, -0.05) is 6.58 Å². The van der Waals surface area contributed by atoms with Crippen LogP contribution in [0.3, 0.4) is 0 Å². The topological polar surface area (TPSA) is 98.4 Å². The molecule has 0 atom stereocenters. The Kier molecular flexibility index (Phi) is 5.78. The second-order valence-corrected chi connectivity index (χ2v) is 10.7. The third kappa shape index (κ3) is 4.50. The van der Waals surface area contributed by atoms with Crippen LogP contribution in [0.1, 0.15) is 4.88 Å². The molecule has 6 aromatic heterocycles. The molecule has 0 unspecified atom stereocenters. The van der Waals surface area contributed by atoms with Crippen LogP contribution in [0.5, 0.6) is 0 Å². The van der Waals surface area contributed by atoms with Crippen LogP contribution in [0.4, 0.5) is 5.69 Å². The Balaban J connectivity index is 1.38. The lowest BCUT2D eigenvalue weighted by Crippen LogP contribution is -2.18. The largest absolute Gasteiger partial charge is 0.357 e. The number of thiophene rings is 1. The number of hydrogen-bond donors (Lipinski definition) is 3. The zero-order valence-electron chi connectivity index (χ0n) is 20.8. The lowest BCUT2D eigenvalue weighted by Gasteiger charge is -2.14. The van der Waals surface area contributed by atoms with Crippen molar-refractivity contribution in [3.8, 4) is 33.0 Å². The second kappa shape index (κ2) is 9.27. The minimum atomic E-state index is 0.659. The number of rotatable bonds is 7. The summed E-state index contributed by atoms with van der Waals surface area (Å²) < 4.78 is 0. The van der Waals surface area contributed by atoms with Crippen molar-refractivity contribution in [2.45, 2.75) is 6.92 Å². The summed E-state index contributed by atoms with van der Waals surface area (Å²) in [5.74, 6) is 0. The maximum Gasteiger partial charge on any atom is 0.181 e. The summed E-state index contributed by atoms with van der Waals surface area (Å²) in [7, 11) is 4.02. The summed E-state index contributed by atoms with van der Waals surface area (Å²) in [5, 5.41) is 13.0. The number of aryl methyl sites for hydroxylation is 1. The number of hydrogen-bond acceptors (Lipinski definition) is 7. The van der Waals surface area contributed by atoms with Gasteiger partial charge in [0.15, 0.2) is 5.65 Å². The normalized spacial score (nSPS) is 11.6. The van der Waals surface area contributed by atoms with Gasteiger partial charge in [0.05, 0.1) is 35.0 Å². The molecule has 0 aliphatic heterocycles. The van der Waals surface area contributed by atoms with Gasteiger partial charge < -0.3 is 15.2 Å². The third-order valence-electron chi connectivity index (χ3n) is 6.13. The number of aromatic nitrogens is 6. The van der Waals surface area contributed by atoms with Crippen LogP contribution in [0.15, 0.2) is 73.6 Å². The van der Waals surface area contributed by atoms with Crippen molar-refractivity contribution in [2.24, 2.45) is 0 Å². The van der Waals surface area contributed by atoms with Gasteiger partial charge in [-0.3, -0.25) is 15.1 Å². The highest BCUT2D eigenvalue weighted by Gasteiger charge is 2.16. The van der Waals surface area contributed by atoms with Crippen molar-refractivity contribution >= 4 is 39.0 Å². The zero-order valence-corrected chi connectivity index (χ0v) is 21.6. The van der Waals surface area contributed by atoms with Crippen molar-refractivity contribution in [2.75, 3.05) is 26.0 Å². The van der Waals surface area contributed by atoms with Crippen LogP contribution >= 0.6 is 11.3 Å². The van der Waals surface area contributed by atoms with Gasteiger partial charge in [0, 0.05) is 68.0 Å². The predicted molar refractivity (Wildman–Crippen MR) is 152 cm³/mol. The first kappa shape index (κ1) is 23.1. The third-order valence-corrected chi connectivity index (χ3v) is 7.16. The molecule has 0 saturated carbocycles. The maximum atomic E-state index is 4.62. The summed E-state index contributed by atoms with van der Waals surface area (Å²) >= 11 is 1.77. The Hall–Kier alpha value is -4.34. The van der Waals surface area contributed by atoms with Crippen molar-refractivity contribution in [3.63, 3.8) is 0 Å². The van der Waals surface area contributed by atoms with E-state index in [-0.39, 0.29) is 0 Å². The molecule has 0 aromatic carbocycles. The van der Waals surface area contributed by atoms with Gasteiger partial charge >= 0.3 is 0 Å².